The van der Waals surface area contributed by atoms with Crippen LogP contribution in [0.3, 0.4) is 0 Å². The van der Waals surface area contributed by atoms with Crippen molar-refractivity contribution < 1.29 is 19.0 Å². The maximum atomic E-state index is 13.2. The van der Waals surface area contributed by atoms with Gasteiger partial charge in [0, 0.05) is 17.4 Å². The molecule has 1 aromatic carbocycles. The van der Waals surface area contributed by atoms with Crippen LogP contribution >= 0.6 is 0 Å². The van der Waals surface area contributed by atoms with E-state index in [4.69, 9.17) is 14.2 Å². The number of allylic oxidation sites excluding steroid dienone is 2. The summed E-state index contributed by atoms with van der Waals surface area (Å²) in [6.45, 7) is 26.0. The molecule has 7 aliphatic rings. The molecule has 4 heteroatoms. The molecule has 0 amide bonds. The first-order valence-corrected chi connectivity index (χ1v) is 19.6. The van der Waals surface area contributed by atoms with E-state index < -0.39 is 11.0 Å². The molecule has 4 nitrogen and oxygen atoms in total. The number of benzene rings is 1. The lowest BCUT2D eigenvalue weighted by molar-refractivity contribution is -0.205. The van der Waals surface area contributed by atoms with E-state index in [0.29, 0.717) is 23.7 Å². The van der Waals surface area contributed by atoms with Crippen LogP contribution in [0.4, 0.5) is 0 Å². The molecule has 6 aliphatic carbocycles. The largest absolute Gasteiger partial charge is 0.482 e. The molecule has 11 atom stereocenters. The zero-order chi connectivity index (χ0) is 35.1. The highest BCUT2D eigenvalue weighted by molar-refractivity contribution is 5.76. The molecule has 0 N–H and O–H groups in total. The van der Waals surface area contributed by atoms with Gasteiger partial charge in [0.15, 0.2) is 17.1 Å². The number of fused-ring (bicyclic) bond motifs is 10. The van der Waals surface area contributed by atoms with E-state index in [-0.39, 0.29) is 33.7 Å². The van der Waals surface area contributed by atoms with Gasteiger partial charge in [0.2, 0.25) is 0 Å². The van der Waals surface area contributed by atoms with Gasteiger partial charge in [0.25, 0.3) is 0 Å². The minimum Gasteiger partial charge on any atom is -0.482 e. The fourth-order valence-corrected chi connectivity index (χ4v) is 13.3. The van der Waals surface area contributed by atoms with Crippen LogP contribution in [0.25, 0.3) is 6.08 Å². The van der Waals surface area contributed by atoms with Gasteiger partial charge < -0.3 is 14.2 Å². The number of carbonyl (C=O) groups is 1. The van der Waals surface area contributed by atoms with Crippen LogP contribution in [0.2, 0.25) is 0 Å². The summed E-state index contributed by atoms with van der Waals surface area (Å²) >= 11 is 0. The van der Waals surface area contributed by atoms with Crippen LogP contribution in [-0.4, -0.2) is 24.8 Å². The van der Waals surface area contributed by atoms with E-state index in [0.717, 1.165) is 50.0 Å². The molecule has 49 heavy (non-hydrogen) atoms. The average molecular weight is 667 g/mol. The van der Waals surface area contributed by atoms with Crippen molar-refractivity contribution in [2.24, 2.45) is 45.3 Å². The molecular weight excluding hydrogens is 604 g/mol. The molecule has 8 rings (SSSR count). The first-order valence-electron chi connectivity index (χ1n) is 19.6. The quantitative estimate of drug-likeness (QED) is 0.233. The molecule has 1 aliphatic heterocycles. The Kier molecular flexibility index (Phi) is 7.23. The van der Waals surface area contributed by atoms with E-state index >= 15 is 0 Å². The molecule has 266 valence electrons. The highest BCUT2D eigenvalue weighted by Gasteiger charge is 2.68. The third-order valence-corrected chi connectivity index (χ3v) is 17.1. The van der Waals surface area contributed by atoms with Gasteiger partial charge in [-0.2, -0.15) is 0 Å². The SMILES string of the molecule is C=C(C)C1CCC(C)C2=C(C1)C1(C)Oc3c(cc4c(c3C)C=CC3C4(C)CCC4(C)C5CC(C)(C(=O)OC)CCC5(C)CCC34C)OC1C2. The van der Waals surface area contributed by atoms with Crippen LogP contribution in [0.1, 0.15) is 143 Å². The lowest BCUT2D eigenvalue weighted by atomic mass is 9.33. The second-order valence-corrected chi connectivity index (χ2v) is 19.6. The maximum absolute atomic E-state index is 13.2. The predicted octanol–water partition coefficient (Wildman–Crippen LogP) is 11.1. The summed E-state index contributed by atoms with van der Waals surface area (Å²) < 4.78 is 19.8. The second kappa shape index (κ2) is 10.5. The number of hydrogen-bond donors (Lipinski definition) is 0. The van der Waals surface area contributed by atoms with Crippen LogP contribution in [0, 0.1) is 52.3 Å². The topological polar surface area (TPSA) is 44.8 Å². The zero-order valence-electron chi connectivity index (χ0n) is 32.2. The minimum absolute atomic E-state index is 0.00457. The van der Waals surface area contributed by atoms with Crippen molar-refractivity contribution in [1.29, 1.82) is 0 Å². The lowest BCUT2D eigenvalue weighted by Crippen LogP contribution is -2.65. The first-order chi connectivity index (χ1) is 22.9. The lowest BCUT2D eigenvalue weighted by Gasteiger charge is -2.71. The number of rotatable bonds is 2. The van der Waals surface area contributed by atoms with Gasteiger partial charge >= 0.3 is 5.97 Å². The molecule has 0 saturated heterocycles. The van der Waals surface area contributed by atoms with Crippen LogP contribution < -0.4 is 9.47 Å². The fourth-order valence-electron chi connectivity index (χ4n) is 13.3. The van der Waals surface area contributed by atoms with Crippen molar-refractivity contribution in [3.8, 4) is 11.5 Å². The fraction of sp³-hybridized carbons (Fsp3) is 0.711. The van der Waals surface area contributed by atoms with Crippen LogP contribution in [-0.2, 0) is 14.9 Å². The van der Waals surface area contributed by atoms with Crippen LogP contribution in [0.15, 0.2) is 35.4 Å². The Morgan fingerprint density at radius 1 is 0.959 bits per heavy atom. The third-order valence-electron chi connectivity index (χ3n) is 17.1. The standard InChI is InChI=1S/C45H62O4/c1-26(2)29-13-12-27(3)31-23-37-45(10,33(31)22-29)49-38-28(4)30-14-15-35-42(7,32(30)24-34(38)48-37)19-21-44(9)36-25-41(6,39(46)47-11)17-16-40(36,5)18-20-43(35,44)8/h14-15,24,27,29,35-37H,1,12-13,16-23,25H2,2-11H3. The van der Waals surface area contributed by atoms with E-state index in [1.165, 1.54) is 59.9 Å². The summed E-state index contributed by atoms with van der Waals surface area (Å²) in [6, 6.07) is 2.41. The van der Waals surface area contributed by atoms with Crippen molar-refractivity contribution in [2.45, 2.75) is 150 Å². The van der Waals surface area contributed by atoms with E-state index in [9.17, 15) is 4.79 Å². The minimum atomic E-state index is -0.438. The average Bonchev–Trinajstić information content (AvgIpc) is 3.22. The van der Waals surface area contributed by atoms with E-state index in [2.05, 4.69) is 87.1 Å². The Bertz CT molecular complexity index is 1700. The monoisotopic (exact) mass is 666 g/mol. The smallest absolute Gasteiger partial charge is 0.311 e. The molecule has 0 spiro atoms. The molecule has 11 unspecified atom stereocenters. The number of esters is 1. The second-order valence-electron chi connectivity index (χ2n) is 19.6. The molecule has 0 radical (unpaired) electrons. The Morgan fingerprint density at radius 3 is 2.39 bits per heavy atom. The summed E-state index contributed by atoms with van der Waals surface area (Å²) in [5.41, 5.74) is 8.08. The summed E-state index contributed by atoms with van der Waals surface area (Å²) in [4.78, 5) is 13.2. The molecule has 0 aromatic heterocycles. The summed E-state index contributed by atoms with van der Waals surface area (Å²) in [7, 11) is 1.57. The van der Waals surface area contributed by atoms with E-state index in [1.807, 2.05) is 0 Å². The molecule has 1 aromatic rings. The highest BCUT2D eigenvalue weighted by Crippen LogP contribution is 2.75. The summed E-state index contributed by atoms with van der Waals surface area (Å²) in [5, 5.41) is 0. The highest BCUT2D eigenvalue weighted by atomic mass is 16.6. The Morgan fingerprint density at radius 2 is 1.67 bits per heavy atom. The Balaban J connectivity index is 1.16. The Labute approximate surface area is 296 Å². The van der Waals surface area contributed by atoms with Crippen molar-refractivity contribution in [2.75, 3.05) is 7.11 Å². The van der Waals surface area contributed by atoms with Crippen LogP contribution in [0.5, 0.6) is 11.5 Å². The van der Waals surface area contributed by atoms with E-state index in [1.54, 1.807) is 12.7 Å². The molecule has 1 heterocycles. The normalized spacial score (nSPS) is 46.3. The van der Waals surface area contributed by atoms with Gasteiger partial charge in [-0.25, -0.2) is 0 Å². The molecule has 3 saturated carbocycles. The molecular formula is C45H62O4. The van der Waals surface area contributed by atoms with Gasteiger partial charge in [-0.3, -0.25) is 4.79 Å². The predicted molar refractivity (Wildman–Crippen MR) is 198 cm³/mol. The van der Waals surface area contributed by atoms with Gasteiger partial charge in [0.05, 0.1) is 12.5 Å². The zero-order valence-corrected chi connectivity index (χ0v) is 32.2. The van der Waals surface area contributed by atoms with Crippen molar-refractivity contribution in [3.63, 3.8) is 0 Å². The van der Waals surface area contributed by atoms with Gasteiger partial charge in [0.1, 0.15) is 6.10 Å². The number of hydrogen-bond acceptors (Lipinski definition) is 4. The molecule has 0 bridgehead atoms. The number of carbonyl (C=O) groups excluding carboxylic acids is 1. The van der Waals surface area contributed by atoms with Gasteiger partial charge in [-0.15, -0.1) is 0 Å². The van der Waals surface area contributed by atoms with Gasteiger partial charge in [-0.05, 0) is 155 Å². The molecule has 3 fully saturated rings. The Hall–Kier alpha value is -2.49. The van der Waals surface area contributed by atoms with Crippen molar-refractivity contribution in [3.05, 3.63) is 52.1 Å². The number of methoxy groups -OCH3 is 1. The van der Waals surface area contributed by atoms with Crippen molar-refractivity contribution >= 4 is 12.0 Å². The number of ether oxygens (including phenoxy) is 3. The summed E-state index contributed by atoms with van der Waals surface area (Å²) in [6.07, 6.45) is 17.2. The first kappa shape index (κ1) is 33.6. The maximum Gasteiger partial charge on any atom is 0.311 e. The third kappa shape index (κ3) is 4.30. The van der Waals surface area contributed by atoms with Crippen molar-refractivity contribution in [1.82, 2.24) is 0 Å². The summed E-state index contributed by atoms with van der Waals surface area (Å²) in [5.74, 6) is 3.86. The van der Waals surface area contributed by atoms with Gasteiger partial charge in [-0.1, -0.05) is 64.5 Å².